The number of non-ortho nitro benzene ring substituents is 1. The summed E-state index contributed by atoms with van der Waals surface area (Å²) in [6.45, 7) is 4.21. The lowest BCUT2D eigenvalue weighted by molar-refractivity contribution is -0.384. The van der Waals surface area contributed by atoms with Gasteiger partial charge in [-0.1, -0.05) is 60.7 Å². The predicted octanol–water partition coefficient (Wildman–Crippen LogP) is 4.81. The average Bonchev–Trinajstić information content (AvgIpc) is 3.29. The molecule has 0 radical (unpaired) electrons. The molecule has 3 aromatic carbocycles. The van der Waals surface area contributed by atoms with Crippen LogP contribution in [-0.2, 0) is 16.1 Å². The number of carbonyl (C=O) groups is 2. The fraction of sp³-hybridized carbons (Fsp3) is 0.267. The molecule has 0 bridgehead atoms. The summed E-state index contributed by atoms with van der Waals surface area (Å²) in [4.78, 5) is 40.1. The van der Waals surface area contributed by atoms with Crippen LogP contribution < -0.4 is 0 Å². The van der Waals surface area contributed by atoms with Gasteiger partial charge in [-0.3, -0.25) is 19.7 Å². The molecule has 4 aromatic rings. The first-order chi connectivity index (χ1) is 18.4. The van der Waals surface area contributed by atoms with E-state index in [2.05, 4.69) is 16.7 Å². The van der Waals surface area contributed by atoms with E-state index in [0.29, 0.717) is 32.7 Å². The third-order valence-electron chi connectivity index (χ3n) is 7.34. The standard InChI is InChI=1S/C30H30N4O4/c1-22(35)31-14-16-32(17-15-31)30(36)19-26(24-10-6-3-7-11-24)28-21-33(20-23-8-4-2-5-9-23)29-13-12-25(34(37)38)18-27(28)29/h2-13,18,21,26H,14-17,19-20H2,1H3/t26-/m1/s1. The van der Waals surface area contributed by atoms with E-state index in [1.54, 1.807) is 24.0 Å². The van der Waals surface area contributed by atoms with Crippen molar-refractivity contribution in [2.45, 2.75) is 25.8 Å². The maximum absolute atomic E-state index is 13.5. The Hall–Kier alpha value is -4.46. The molecule has 0 spiro atoms. The van der Waals surface area contributed by atoms with Gasteiger partial charge in [-0.2, -0.15) is 0 Å². The van der Waals surface area contributed by atoms with Crippen LogP contribution in [0.3, 0.4) is 0 Å². The van der Waals surface area contributed by atoms with Crippen LogP contribution >= 0.6 is 0 Å². The highest BCUT2D eigenvalue weighted by Gasteiger charge is 2.28. The molecule has 0 saturated carbocycles. The van der Waals surface area contributed by atoms with Gasteiger partial charge in [-0.05, 0) is 22.8 Å². The lowest BCUT2D eigenvalue weighted by Crippen LogP contribution is -2.50. The fourth-order valence-corrected chi connectivity index (χ4v) is 5.28. The highest BCUT2D eigenvalue weighted by Crippen LogP contribution is 2.37. The Morgan fingerprint density at radius 1 is 0.895 bits per heavy atom. The number of nitro benzene ring substituents is 1. The van der Waals surface area contributed by atoms with Gasteiger partial charge >= 0.3 is 0 Å². The van der Waals surface area contributed by atoms with Crippen LogP contribution in [0.4, 0.5) is 5.69 Å². The Bertz CT molecular complexity index is 1460. The zero-order valence-electron chi connectivity index (χ0n) is 21.3. The molecule has 0 aliphatic carbocycles. The van der Waals surface area contributed by atoms with Crippen LogP contribution in [0.5, 0.6) is 0 Å². The van der Waals surface area contributed by atoms with E-state index in [1.807, 2.05) is 59.6 Å². The second kappa shape index (κ2) is 10.9. The molecular weight excluding hydrogens is 480 g/mol. The Morgan fingerprint density at radius 2 is 1.53 bits per heavy atom. The Kier molecular flexibility index (Phi) is 7.22. The zero-order chi connectivity index (χ0) is 26.6. The fourth-order valence-electron chi connectivity index (χ4n) is 5.28. The van der Waals surface area contributed by atoms with Crippen molar-refractivity contribution < 1.29 is 14.5 Å². The van der Waals surface area contributed by atoms with Gasteiger partial charge in [0.15, 0.2) is 0 Å². The van der Waals surface area contributed by atoms with Gasteiger partial charge in [0.2, 0.25) is 11.8 Å². The summed E-state index contributed by atoms with van der Waals surface area (Å²) in [5, 5.41) is 12.4. The van der Waals surface area contributed by atoms with Crippen LogP contribution in [0, 0.1) is 10.1 Å². The third-order valence-corrected chi connectivity index (χ3v) is 7.34. The number of carbonyl (C=O) groups excluding carboxylic acids is 2. The van der Waals surface area contributed by atoms with E-state index >= 15 is 0 Å². The minimum absolute atomic E-state index is 0.0106. The first-order valence-electron chi connectivity index (χ1n) is 12.8. The summed E-state index contributed by atoms with van der Waals surface area (Å²) < 4.78 is 2.11. The lowest BCUT2D eigenvalue weighted by atomic mass is 9.87. The molecule has 5 rings (SSSR count). The van der Waals surface area contributed by atoms with Crippen LogP contribution in [-0.4, -0.2) is 57.3 Å². The average molecular weight is 511 g/mol. The highest BCUT2D eigenvalue weighted by atomic mass is 16.6. The largest absolute Gasteiger partial charge is 0.343 e. The Balaban J connectivity index is 1.54. The summed E-state index contributed by atoms with van der Waals surface area (Å²) in [5.41, 5.74) is 3.90. The van der Waals surface area contributed by atoms with Gasteiger partial charge in [-0.15, -0.1) is 0 Å². The van der Waals surface area contributed by atoms with Crippen molar-refractivity contribution in [2.75, 3.05) is 26.2 Å². The maximum atomic E-state index is 13.5. The summed E-state index contributed by atoms with van der Waals surface area (Å²) >= 11 is 0. The molecule has 1 fully saturated rings. The van der Waals surface area contributed by atoms with E-state index in [-0.39, 0.29) is 34.8 Å². The molecule has 1 atom stereocenters. The summed E-state index contributed by atoms with van der Waals surface area (Å²) in [6.07, 6.45) is 2.28. The third kappa shape index (κ3) is 5.29. The maximum Gasteiger partial charge on any atom is 0.270 e. The van der Waals surface area contributed by atoms with Crippen LogP contribution in [0.1, 0.15) is 36.0 Å². The van der Waals surface area contributed by atoms with Gasteiger partial charge in [0.1, 0.15) is 0 Å². The molecule has 1 aliphatic heterocycles. The number of amides is 2. The number of nitrogens with zero attached hydrogens (tertiary/aromatic N) is 4. The molecule has 2 amide bonds. The van der Waals surface area contributed by atoms with E-state index in [9.17, 15) is 19.7 Å². The van der Waals surface area contributed by atoms with Crippen molar-refractivity contribution in [3.05, 3.63) is 112 Å². The topological polar surface area (TPSA) is 88.7 Å². The van der Waals surface area contributed by atoms with Crippen LogP contribution in [0.25, 0.3) is 10.9 Å². The van der Waals surface area contributed by atoms with Gasteiger partial charge < -0.3 is 14.4 Å². The molecular formula is C30H30N4O4. The van der Waals surface area contributed by atoms with Gasteiger partial charge in [0.05, 0.1) is 4.92 Å². The van der Waals surface area contributed by atoms with E-state index in [0.717, 1.165) is 27.6 Å². The smallest absolute Gasteiger partial charge is 0.270 e. The number of rotatable bonds is 7. The number of hydrogen-bond donors (Lipinski definition) is 0. The predicted molar refractivity (Wildman–Crippen MR) is 146 cm³/mol. The number of piperazine rings is 1. The second-order valence-electron chi connectivity index (χ2n) is 9.71. The van der Waals surface area contributed by atoms with Crippen molar-refractivity contribution in [2.24, 2.45) is 0 Å². The molecule has 8 nitrogen and oxygen atoms in total. The number of nitro groups is 1. The van der Waals surface area contributed by atoms with E-state index in [1.165, 1.54) is 6.07 Å². The summed E-state index contributed by atoms with van der Waals surface area (Å²) in [6, 6.07) is 24.8. The van der Waals surface area contributed by atoms with Crippen molar-refractivity contribution in [3.8, 4) is 0 Å². The molecule has 1 aromatic heterocycles. The SMILES string of the molecule is CC(=O)N1CCN(C(=O)C[C@H](c2ccccc2)c2cn(Cc3ccccc3)c3ccc([N+](=O)[O-])cc23)CC1. The number of aromatic nitrogens is 1. The molecule has 194 valence electrons. The molecule has 1 aliphatic rings. The molecule has 0 unspecified atom stereocenters. The van der Waals surface area contributed by atoms with Crippen molar-refractivity contribution in [1.29, 1.82) is 0 Å². The molecule has 0 N–H and O–H groups in total. The summed E-state index contributed by atoms with van der Waals surface area (Å²) in [7, 11) is 0. The molecule has 8 heteroatoms. The monoisotopic (exact) mass is 510 g/mol. The quantitative estimate of drug-likeness (QED) is 0.264. The van der Waals surface area contributed by atoms with Crippen molar-refractivity contribution in [1.82, 2.24) is 14.4 Å². The first-order valence-corrected chi connectivity index (χ1v) is 12.8. The van der Waals surface area contributed by atoms with E-state index in [4.69, 9.17) is 0 Å². The molecule has 1 saturated heterocycles. The lowest BCUT2D eigenvalue weighted by Gasteiger charge is -2.35. The first kappa shape index (κ1) is 25.2. The Morgan fingerprint density at radius 3 is 2.16 bits per heavy atom. The van der Waals surface area contributed by atoms with Crippen molar-refractivity contribution in [3.63, 3.8) is 0 Å². The minimum Gasteiger partial charge on any atom is -0.343 e. The zero-order valence-corrected chi connectivity index (χ0v) is 21.3. The van der Waals surface area contributed by atoms with Crippen molar-refractivity contribution >= 4 is 28.4 Å². The number of hydrogen-bond acceptors (Lipinski definition) is 4. The van der Waals surface area contributed by atoms with Crippen LogP contribution in [0.15, 0.2) is 85.1 Å². The number of fused-ring (bicyclic) bond motifs is 1. The number of benzene rings is 3. The molecule has 38 heavy (non-hydrogen) atoms. The van der Waals surface area contributed by atoms with Gasteiger partial charge in [0, 0.05) is 81.2 Å². The second-order valence-corrected chi connectivity index (χ2v) is 9.71. The highest BCUT2D eigenvalue weighted by molar-refractivity contribution is 5.88. The van der Waals surface area contributed by atoms with E-state index < -0.39 is 0 Å². The van der Waals surface area contributed by atoms with Crippen LogP contribution in [0.2, 0.25) is 0 Å². The summed E-state index contributed by atoms with van der Waals surface area (Å²) in [5.74, 6) is -0.250. The normalized spacial score (nSPS) is 14.4. The molecule has 2 heterocycles. The van der Waals surface area contributed by atoms with Gasteiger partial charge in [0.25, 0.3) is 5.69 Å². The van der Waals surface area contributed by atoms with Gasteiger partial charge in [-0.25, -0.2) is 0 Å². The minimum atomic E-state index is -0.380. The Labute approximate surface area is 221 Å².